The number of benzene rings is 2. The summed E-state index contributed by atoms with van der Waals surface area (Å²) in [6.45, 7) is 1.76. The fraction of sp³-hybridized carbons (Fsp3) is 0.0952. The molecule has 3 N–H and O–H groups in total. The topological polar surface area (TPSA) is 129 Å². The van der Waals surface area contributed by atoms with Crippen molar-refractivity contribution in [2.45, 2.75) is 18.2 Å². The Labute approximate surface area is 197 Å². The van der Waals surface area contributed by atoms with E-state index in [0.29, 0.717) is 10.6 Å². The number of sulfonamides is 1. The number of nitrogens with one attached hydrogen (secondary N) is 1. The third-order valence-corrected chi connectivity index (χ3v) is 6.09. The molecule has 0 saturated heterocycles. The average Bonchev–Trinajstić information content (AvgIpc) is 3.17. The number of carbonyl (C=O) groups excluding carboxylic acids is 1. The number of primary sulfonamides is 1. The second-order valence-corrected chi connectivity index (χ2v) is 9.13. The van der Waals surface area contributed by atoms with Gasteiger partial charge in [-0.25, -0.2) is 36.6 Å². The van der Waals surface area contributed by atoms with Crippen molar-refractivity contribution in [1.29, 1.82) is 0 Å². The first kappa shape index (κ1) is 23.5. The Hall–Kier alpha value is -3.61. The molecular formula is C21H16ClF2N5O4S. The number of nitrogens with two attached hydrogens (primary N) is 1. The predicted molar refractivity (Wildman–Crippen MR) is 121 cm³/mol. The second-order valence-electron chi connectivity index (χ2n) is 7.16. The summed E-state index contributed by atoms with van der Waals surface area (Å²) >= 11 is 6.05. The molecule has 0 aliphatic rings. The van der Waals surface area contributed by atoms with E-state index >= 15 is 0 Å². The molecule has 176 valence electrons. The summed E-state index contributed by atoms with van der Waals surface area (Å²) in [7, 11) is -3.98. The normalized spacial score (nSPS) is 11.7. The van der Waals surface area contributed by atoms with E-state index < -0.39 is 28.2 Å². The maximum atomic E-state index is 13.7. The van der Waals surface area contributed by atoms with Crippen LogP contribution < -0.4 is 15.2 Å². The lowest BCUT2D eigenvalue weighted by atomic mass is 10.1. The number of amides is 1. The van der Waals surface area contributed by atoms with E-state index in [1.54, 1.807) is 25.1 Å². The fourth-order valence-electron chi connectivity index (χ4n) is 3.14. The van der Waals surface area contributed by atoms with Gasteiger partial charge in [-0.1, -0.05) is 23.7 Å². The maximum Gasteiger partial charge on any atom is 0.417 e. The van der Waals surface area contributed by atoms with Crippen molar-refractivity contribution in [3.63, 3.8) is 0 Å². The summed E-state index contributed by atoms with van der Waals surface area (Å²) in [4.78, 5) is 16.5. The molecule has 0 atom stereocenters. The Kier molecular flexibility index (Phi) is 6.21. The zero-order valence-corrected chi connectivity index (χ0v) is 18.9. The molecule has 2 heterocycles. The summed E-state index contributed by atoms with van der Waals surface area (Å²) in [5.41, 5.74) is 0.978. The first-order valence-electron chi connectivity index (χ1n) is 9.58. The van der Waals surface area contributed by atoms with E-state index in [1.807, 2.05) is 0 Å². The van der Waals surface area contributed by atoms with Crippen molar-refractivity contribution in [3.8, 4) is 17.0 Å². The van der Waals surface area contributed by atoms with Crippen LogP contribution in [0.25, 0.3) is 16.9 Å². The van der Waals surface area contributed by atoms with Crippen LogP contribution in [0.1, 0.15) is 17.7 Å². The van der Waals surface area contributed by atoms with Crippen LogP contribution in [0.3, 0.4) is 0 Å². The number of ether oxygens (including phenoxy) is 1. The molecule has 0 fully saturated rings. The quantitative estimate of drug-likeness (QED) is 0.407. The molecule has 9 nitrogen and oxygen atoms in total. The van der Waals surface area contributed by atoms with E-state index in [-0.39, 0.29) is 27.7 Å². The van der Waals surface area contributed by atoms with Crippen molar-refractivity contribution >= 4 is 39.1 Å². The highest BCUT2D eigenvalue weighted by Gasteiger charge is 2.21. The summed E-state index contributed by atoms with van der Waals surface area (Å²) in [5.74, 6) is -0.186. The molecule has 0 radical (unpaired) electrons. The number of fused-ring (bicyclic) bond motifs is 1. The largest absolute Gasteiger partial charge is 0.417 e. The zero-order valence-electron chi connectivity index (χ0n) is 17.4. The Morgan fingerprint density at radius 2 is 1.97 bits per heavy atom. The lowest BCUT2D eigenvalue weighted by Gasteiger charge is -2.10. The van der Waals surface area contributed by atoms with Crippen LogP contribution in [0.2, 0.25) is 5.02 Å². The summed E-state index contributed by atoms with van der Waals surface area (Å²) < 4.78 is 56.6. The molecule has 4 rings (SSSR count). The minimum Gasteiger partial charge on any atom is -0.404 e. The highest BCUT2D eigenvalue weighted by Crippen LogP contribution is 2.31. The molecule has 4 aromatic rings. The highest BCUT2D eigenvalue weighted by atomic mass is 35.5. The molecule has 1 amide bonds. The number of halogens is 3. The molecule has 0 aliphatic heterocycles. The standard InChI is InChI=1S/C21H16ClF2N5O4S/c1-11-7-12(5-6-15(11)22)16-9-17(19(23)24)29-20(28-16)18(10-26-29)33-21(30)27-13-3-2-4-14(8-13)34(25,31)32/h2-10,19H,1H3,(H,27,30)(H2,25,31,32). The van der Waals surface area contributed by atoms with Crippen LogP contribution in [-0.2, 0) is 10.0 Å². The van der Waals surface area contributed by atoms with E-state index in [4.69, 9.17) is 21.5 Å². The van der Waals surface area contributed by atoms with Gasteiger partial charge >= 0.3 is 6.09 Å². The third-order valence-electron chi connectivity index (χ3n) is 4.76. The van der Waals surface area contributed by atoms with E-state index in [9.17, 15) is 22.0 Å². The molecule has 0 spiro atoms. The summed E-state index contributed by atoms with van der Waals surface area (Å²) in [6, 6.07) is 11.3. The summed E-state index contributed by atoms with van der Waals surface area (Å²) in [5, 5.41) is 11.8. The van der Waals surface area contributed by atoms with Gasteiger partial charge in [-0.15, -0.1) is 0 Å². The van der Waals surface area contributed by atoms with Crippen molar-refractivity contribution in [2.24, 2.45) is 5.14 Å². The molecule has 0 bridgehead atoms. The second kappa shape index (κ2) is 8.97. The van der Waals surface area contributed by atoms with Gasteiger partial charge in [0.2, 0.25) is 10.0 Å². The molecule has 0 saturated carbocycles. The molecule has 13 heteroatoms. The zero-order chi connectivity index (χ0) is 24.6. The molecule has 2 aromatic heterocycles. The molecule has 34 heavy (non-hydrogen) atoms. The van der Waals surface area contributed by atoms with Gasteiger partial charge in [0.25, 0.3) is 6.43 Å². The minimum absolute atomic E-state index is 0.0894. The predicted octanol–water partition coefficient (Wildman–Crippen LogP) is 4.55. The SMILES string of the molecule is Cc1cc(-c2cc(C(F)F)n3ncc(OC(=O)Nc4cccc(S(N)(=O)=O)c4)c3n2)ccc1Cl. The van der Waals surface area contributed by atoms with Gasteiger partial charge < -0.3 is 4.74 Å². The third kappa shape index (κ3) is 4.83. The summed E-state index contributed by atoms with van der Waals surface area (Å²) in [6.07, 6.45) is -2.83. The van der Waals surface area contributed by atoms with Gasteiger partial charge in [-0.3, -0.25) is 5.32 Å². The van der Waals surface area contributed by atoms with Gasteiger partial charge in [0.1, 0.15) is 5.69 Å². The van der Waals surface area contributed by atoms with Gasteiger partial charge in [-0.05, 0) is 48.9 Å². The number of hydrogen-bond donors (Lipinski definition) is 2. The number of hydrogen-bond acceptors (Lipinski definition) is 6. The van der Waals surface area contributed by atoms with Crippen LogP contribution >= 0.6 is 11.6 Å². The van der Waals surface area contributed by atoms with E-state index in [2.05, 4.69) is 15.4 Å². The van der Waals surface area contributed by atoms with Crippen molar-refractivity contribution in [2.75, 3.05) is 5.32 Å². The monoisotopic (exact) mass is 507 g/mol. The van der Waals surface area contributed by atoms with Gasteiger partial charge in [-0.2, -0.15) is 5.10 Å². The fourth-order valence-corrected chi connectivity index (χ4v) is 3.82. The first-order valence-corrected chi connectivity index (χ1v) is 11.5. The highest BCUT2D eigenvalue weighted by molar-refractivity contribution is 7.89. The van der Waals surface area contributed by atoms with Gasteiger partial charge in [0, 0.05) is 16.3 Å². The molecule has 0 aliphatic carbocycles. The Morgan fingerprint density at radius 1 is 1.21 bits per heavy atom. The number of anilines is 1. The first-order chi connectivity index (χ1) is 16.0. The van der Waals surface area contributed by atoms with Crippen LogP contribution in [-0.4, -0.2) is 29.1 Å². The number of carbonyl (C=O) groups is 1. The average molecular weight is 508 g/mol. The van der Waals surface area contributed by atoms with Crippen LogP contribution in [0, 0.1) is 6.92 Å². The van der Waals surface area contributed by atoms with Crippen molar-refractivity contribution < 1.29 is 26.7 Å². The lowest BCUT2D eigenvalue weighted by Crippen LogP contribution is -2.18. The number of alkyl halides is 2. The Bertz CT molecular complexity index is 1530. The van der Waals surface area contributed by atoms with E-state index in [1.165, 1.54) is 24.3 Å². The molecule has 0 unspecified atom stereocenters. The smallest absolute Gasteiger partial charge is 0.404 e. The van der Waals surface area contributed by atoms with Crippen LogP contribution in [0.5, 0.6) is 5.75 Å². The number of nitrogens with zero attached hydrogens (tertiary/aromatic N) is 3. The molecular weight excluding hydrogens is 492 g/mol. The van der Waals surface area contributed by atoms with Crippen LogP contribution in [0.15, 0.2) is 59.6 Å². The van der Waals surface area contributed by atoms with Crippen LogP contribution in [0.4, 0.5) is 19.3 Å². The number of rotatable bonds is 5. The lowest BCUT2D eigenvalue weighted by molar-refractivity contribution is 0.143. The van der Waals surface area contributed by atoms with E-state index in [0.717, 1.165) is 22.3 Å². The van der Waals surface area contributed by atoms with Gasteiger partial charge in [0.05, 0.1) is 16.8 Å². The van der Waals surface area contributed by atoms with Crippen molar-refractivity contribution in [3.05, 3.63) is 71.0 Å². The van der Waals surface area contributed by atoms with Gasteiger partial charge in [0.15, 0.2) is 11.4 Å². The molecule has 2 aromatic carbocycles. The minimum atomic E-state index is -3.98. The number of aryl methyl sites for hydroxylation is 1. The maximum absolute atomic E-state index is 13.7. The number of aromatic nitrogens is 3. The Balaban J connectivity index is 1.69. The Morgan fingerprint density at radius 3 is 2.65 bits per heavy atom. The van der Waals surface area contributed by atoms with Crippen molar-refractivity contribution in [1.82, 2.24) is 14.6 Å².